The van der Waals surface area contributed by atoms with E-state index in [1.807, 2.05) is 0 Å². The molecule has 4 nitrogen and oxygen atoms in total. The maximum absolute atomic E-state index is 5.92. The van der Waals surface area contributed by atoms with Crippen molar-refractivity contribution >= 4 is 23.0 Å². The number of thiocarbonyl (C=S) groups is 1. The molecule has 0 spiro atoms. The highest BCUT2D eigenvalue weighted by Gasteiger charge is 2.24. The maximum Gasteiger partial charge on any atom is 0.139 e. The number of hydrogen-bond donors (Lipinski definition) is 1. The zero-order valence-electron chi connectivity index (χ0n) is 11.9. The molecule has 0 bridgehead atoms. The highest BCUT2D eigenvalue weighted by molar-refractivity contribution is 7.80. The highest BCUT2D eigenvalue weighted by Crippen LogP contribution is 2.27. The summed E-state index contributed by atoms with van der Waals surface area (Å²) in [7, 11) is 0. The number of ether oxygens (including phenoxy) is 1. The molecule has 0 saturated carbocycles. The minimum atomic E-state index is 0.223. The van der Waals surface area contributed by atoms with Gasteiger partial charge in [0.25, 0.3) is 0 Å². The summed E-state index contributed by atoms with van der Waals surface area (Å²) in [6, 6.07) is 2.17. The van der Waals surface area contributed by atoms with E-state index < -0.39 is 0 Å². The van der Waals surface area contributed by atoms with Gasteiger partial charge in [-0.15, -0.1) is 0 Å². The molecule has 1 atom stereocenters. The lowest BCUT2D eigenvalue weighted by Crippen LogP contribution is -2.42. The summed E-state index contributed by atoms with van der Waals surface area (Å²) in [5.41, 5.74) is 9.40. The second-order valence-electron chi connectivity index (χ2n) is 5.66. The monoisotopic (exact) mass is 291 g/mol. The first-order valence-corrected chi connectivity index (χ1v) is 7.75. The Labute approximate surface area is 125 Å². The third kappa shape index (κ3) is 2.65. The van der Waals surface area contributed by atoms with E-state index in [9.17, 15) is 0 Å². The number of nitrogens with two attached hydrogens (primary N) is 1. The van der Waals surface area contributed by atoms with Crippen LogP contribution in [-0.4, -0.2) is 35.8 Å². The fraction of sp³-hybridized carbons (Fsp3) is 0.600. The van der Waals surface area contributed by atoms with Crippen LogP contribution in [0.2, 0.25) is 0 Å². The smallest absolute Gasteiger partial charge is 0.139 e. The van der Waals surface area contributed by atoms with E-state index in [2.05, 4.69) is 17.9 Å². The predicted octanol–water partition coefficient (Wildman–Crippen LogP) is 1.82. The van der Waals surface area contributed by atoms with Crippen LogP contribution in [0.25, 0.3) is 0 Å². The Kier molecular flexibility index (Phi) is 3.89. The SMILES string of the molecule is CC1CN(c2nc3c(cc2C(N)=S)CCCC3)CCO1. The van der Waals surface area contributed by atoms with Gasteiger partial charge in [0.15, 0.2) is 0 Å². The summed E-state index contributed by atoms with van der Waals surface area (Å²) in [5.74, 6) is 0.952. The molecule has 1 aromatic heterocycles. The van der Waals surface area contributed by atoms with Gasteiger partial charge in [-0.05, 0) is 44.2 Å². The number of hydrogen-bond acceptors (Lipinski definition) is 4. The number of nitrogens with zero attached hydrogens (tertiary/aromatic N) is 2. The van der Waals surface area contributed by atoms with E-state index in [-0.39, 0.29) is 6.10 Å². The highest BCUT2D eigenvalue weighted by atomic mass is 32.1. The van der Waals surface area contributed by atoms with Crippen LogP contribution in [0, 0.1) is 0 Å². The van der Waals surface area contributed by atoms with Crippen molar-refractivity contribution in [3.8, 4) is 0 Å². The maximum atomic E-state index is 5.92. The Bertz CT molecular complexity index is 532. The molecule has 20 heavy (non-hydrogen) atoms. The molecule has 2 N–H and O–H groups in total. The topological polar surface area (TPSA) is 51.4 Å². The summed E-state index contributed by atoms with van der Waals surface area (Å²) in [4.78, 5) is 7.60. The molecule has 0 amide bonds. The van der Waals surface area contributed by atoms with Crippen LogP contribution in [0.1, 0.15) is 36.6 Å². The lowest BCUT2D eigenvalue weighted by atomic mass is 9.94. The average molecular weight is 291 g/mol. The number of anilines is 1. The second-order valence-corrected chi connectivity index (χ2v) is 6.10. The fourth-order valence-corrected chi connectivity index (χ4v) is 3.21. The third-order valence-corrected chi connectivity index (χ3v) is 4.31. The zero-order chi connectivity index (χ0) is 14.1. The molecular formula is C15H21N3OS. The van der Waals surface area contributed by atoms with Crippen LogP contribution < -0.4 is 10.6 Å². The largest absolute Gasteiger partial charge is 0.389 e. The van der Waals surface area contributed by atoms with Crippen LogP contribution in [0.4, 0.5) is 5.82 Å². The summed E-state index contributed by atoms with van der Waals surface area (Å²) in [6.45, 7) is 4.52. The number of rotatable bonds is 2. The molecule has 1 saturated heterocycles. The number of fused-ring (bicyclic) bond motifs is 1. The Balaban J connectivity index is 2.01. The van der Waals surface area contributed by atoms with Crippen LogP contribution in [0.3, 0.4) is 0 Å². The first-order valence-electron chi connectivity index (χ1n) is 7.34. The predicted molar refractivity (Wildman–Crippen MR) is 84.4 cm³/mol. The Morgan fingerprint density at radius 1 is 1.45 bits per heavy atom. The zero-order valence-corrected chi connectivity index (χ0v) is 12.7. The van der Waals surface area contributed by atoms with E-state index in [1.54, 1.807) is 0 Å². The number of aromatic nitrogens is 1. The molecule has 2 heterocycles. The molecule has 1 aromatic rings. The van der Waals surface area contributed by atoms with Gasteiger partial charge in [-0.3, -0.25) is 0 Å². The first-order chi connectivity index (χ1) is 9.65. The van der Waals surface area contributed by atoms with Gasteiger partial charge in [-0.25, -0.2) is 4.98 Å². The van der Waals surface area contributed by atoms with Crippen molar-refractivity contribution in [2.24, 2.45) is 5.73 Å². The Hall–Kier alpha value is -1.20. The van der Waals surface area contributed by atoms with Gasteiger partial charge >= 0.3 is 0 Å². The summed E-state index contributed by atoms with van der Waals surface area (Å²) in [5, 5.41) is 0. The molecule has 3 rings (SSSR count). The third-order valence-electron chi connectivity index (χ3n) is 4.09. The van der Waals surface area contributed by atoms with Crippen LogP contribution >= 0.6 is 12.2 Å². The van der Waals surface area contributed by atoms with E-state index in [1.165, 1.54) is 24.1 Å². The quantitative estimate of drug-likeness (QED) is 0.842. The van der Waals surface area contributed by atoms with Gasteiger partial charge in [-0.2, -0.15) is 0 Å². The van der Waals surface area contributed by atoms with E-state index in [4.69, 9.17) is 27.7 Å². The standard InChI is InChI=1S/C15H21N3OS/c1-10-9-18(6-7-19-10)15-12(14(16)20)8-11-4-2-3-5-13(11)17-15/h8,10H,2-7,9H2,1H3,(H2,16,20). The Morgan fingerprint density at radius 3 is 3.00 bits per heavy atom. The molecule has 5 heteroatoms. The molecule has 1 aliphatic heterocycles. The number of pyridine rings is 1. The molecule has 0 radical (unpaired) electrons. The molecule has 2 aliphatic rings. The van der Waals surface area contributed by atoms with Crippen molar-refractivity contribution in [3.63, 3.8) is 0 Å². The summed E-state index contributed by atoms with van der Waals surface area (Å²) >= 11 is 5.23. The van der Waals surface area contributed by atoms with Gasteiger partial charge in [0.05, 0.1) is 18.3 Å². The lowest BCUT2D eigenvalue weighted by molar-refractivity contribution is 0.0529. The van der Waals surface area contributed by atoms with Gasteiger partial charge in [0.2, 0.25) is 0 Å². The van der Waals surface area contributed by atoms with Gasteiger partial charge in [0.1, 0.15) is 10.8 Å². The second kappa shape index (κ2) is 5.66. The van der Waals surface area contributed by atoms with Crippen molar-refractivity contribution in [3.05, 3.63) is 22.9 Å². The van der Waals surface area contributed by atoms with Gasteiger partial charge < -0.3 is 15.4 Å². The Morgan fingerprint density at radius 2 is 2.25 bits per heavy atom. The summed E-state index contributed by atoms with van der Waals surface area (Å²) < 4.78 is 5.61. The van der Waals surface area contributed by atoms with Crippen molar-refractivity contribution in [1.82, 2.24) is 4.98 Å². The van der Waals surface area contributed by atoms with Crippen molar-refractivity contribution in [1.29, 1.82) is 0 Å². The minimum Gasteiger partial charge on any atom is -0.389 e. The van der Waals surface area contributed by atoms with Crippen LogP contribution in [0.5, 0.6) is 0 Å². The molecule has 1 unspecified atom stereocenters. The van der Waals surface area contributed by atoms with Gasteiger partial charge in [0, 0.05) is 18.8 Å². The minimum absolute atomic E-state index is 0.223. The van der Waals surface area contributed by atoms with E-state index in [0.29, 0.717) is 4.99 Å². The van der Waals surface area contributed by atoms with Crippen LogP contribution in [-0.2, 0) is 17.6 Å². The molecule has 1 aliphatic carbocycles. The van der Waals surface area contributed by atoms with Crippen molar-refractivity contribution in [2.45, 2.75) is 38.7 Å². The molecule has 108 valence electrons. The van der Waals surface area contributed by atoms with Gasteiger partial charge in [-0.1, -0.05) is 12.2 Å². The molecule has 1 fully saturated rings. The first kappa shape index (κ1) is 13.8. The average Bonchev–Trinajstić information content (AvgIpc) is 2.46. The summed E-state index contributed by atoms with van der Waals surface area (Å²) in [6.07, 6.45) is 4.85. The van der Waals surface area contributed by atoms with E-state index in [0.717, 1.165) is 43.9 Å². The molecule has 0 aromatic carbocycles. The van der Waals surface area contributed by atoms with E-state index >= 15 is 0 Å². The van der Waals surface area contributed by atoms with Crippen LogP contribution in [0.15, 0.2) is 6.07 Å². The van der Waals surface area contributed by atoms with Crippen molar-refractivity contribution in [2.75, 3.05) is 24.6 Å². The molecular weight excluding hydrogens is 270 g/mol. The number of aryl methyl sites for hydroxylation is 2. The number of morpholine rings is 1. The lowest BCUT2D eigenvalue weighted by Gasteiger charge is -2.34. The fourth-order valence-electron chi connectivity index (χ4n) is 3.06. The normalized spacial score (nSPS) is 22.4. The van der Waals surface area contributed by atoms with Crippen molar-refractivity contribution < 1.29 is 4.74 Å².